The van der Waals surface area contributed by atoms with Crippen LogP contribution in [0.1, 0.15) is 28.8 Å². The predicted molar refractivity (Wildman–Crippen MR) is 92.5 cm³/mol. The van der Waals surface area contributed by atoms with E-state index in [-0.39, 0.29) is 17.8 Å². The van der Waals surface area contributed by atoms with Crippen molar-refractivity contribution in [1.29, 1.82) is 0 Å². The number of hydrogen-bond donors (Lipinski definition) is 0. The SMILES string of the molecule is COC1CCCN(C(=O)c2ccc(-c3cc(F)ccc3C)cc2)C1. The lowest BCUT2D eigenvalue weighted by Crippen LogP contribution is -2.42. The van der Waals surface area contributed by atoms with E-state index in [0.29, 0.717) is 12.1 Å². The Hall–Kier alpha value is -2.20. The van der Waals surface area contributed by atoms with Crippen LogP contribution in [0.25, 0.3) is 11.1 Å². The molecule has 1 atom stereocenters. The largest absolute Gasteiger partial charge is 0.380 e. The molecular formula is C20H22FNO2. The fourth-order valence-electron chi connectivity index (χ4n) is 3.20. The summed E-state index contributed by atoms with van der Waals surface area (Å²) in [4.78, 5) is 14.5. The molecule has 0 saturated carbocycles. The molecule has 0 spiro atoms. The molecule has 2 aromatic rings. The topological polar surface area (TPSA) is 29.5 Å². The van der Waals surface area contributed by atoms with Crippen molar-refractivity contribution in [2.24, 2.45) is 0 Å². The first-order chi connectivity index (χ1) is 11.6. The number of nitrogens with zero attached hydrogens (tertiary/aromatic N) is 1. The van der Waals surface area contributed by atoms with E-state index in [4.69, 9.17) is 4.74 Å². The van der Waals surface area contributed by atoms with Gasteiger partial charge in [-0.05, 0) is 60.7 Å². The van der Waals surface area contributed by atoms with Gasteiger partial charge in [-0.25, -0.2) is 4.39 Å². The van der Waals surface area contributed by atoms with Crippen LogP contribution in [0.5, 0.6) is 0 Å². The Morgan fingerprint density at radius 1 is 1.21 bits per heavy atom. The maximum absolute atomic E-state index is 13.5. The Balaban J connectivity index is 1.79. The quantitative estimate of drug-likeness (QED) is 0.851. The molecule has 0 aliphatic carbocycles. The zero-order valence-electron chi connectivity index (χ0n) is 14.1. The van der Waals surface area contributed by atoms with Gasteiger partial charge in [-0.15, -0.1) is 0 Å². The molecule has 1 aliphatic rings. The molecule has 1 fully saturated rings. The van der Waals surface area contributed by atoms with E-state index >= 15 is 0 Å². The van der Waals surface area contributed by atoms with E-state index in [9.17, 15) is 9.18 Å². The van der Waals surface area contributed by atoms with Crippen LogP contribution in [-0.4, -0.2) is 37.1 Å². The summed E-state index contributed by atoms with van der Waals surface area (Å²) in [5.41, 5.74) is 3.43. The van der Waals surface area contributed by atoms with Gasteiger partial charge < -0.3 is 9.64 Å². The number of methoxy groups -OCH3 is 1. The standard InChI is InChI=1S/C20H22FNO2/c1-14-5-10-17(21)12-19(14)15-6-8-16(9-7-15)20(23)22-11-3-4-18(13-22)24-2/h5-10,12,18H,3-4,11,13H2,1-2H3. The number of aryl methyl sites for hydroxylation is 1. The highest BCUT2D eigenvalue weighted by molar-refractivity contribution is 5.94. The number of carbonyl (C=O) groups is 1. The number of carbonyl (C=O) groups excluding carboxylic acids is 1. The molecule has 4 heteroatoms. The number of amides is 1. The van der Waals surface area contributed by atoms with E-state index in [2.05, 4.69) is 0 Å². The minimum atomic E-state index is -0.255. The van der Waals surface area contributed by atoms with Gasteiger partial charge in [0.25, 0.3) is 5.91 Å². The maximum atomic E-state index is 13.5. The van der Waals surface area contributed by atoms with Crippen molar-refractivity contribution < 1.29 is 13.9 Å². The van der Waals surface area contributed by atoms with Crippen LogP contribution in [0.3, 0.4) is 0 Å². The van der Waals surface area contributed by atoms with E-state index in [1.165, 1.54) is 12.1 Å². The van der Waals surface area contributed by atoms with Crippen molar-refractivity contribution in [2.75, 3.05) is 20.2 Å². The molecule has 3 nitrogen and oxygen atoms in total. The third-order valence-electron chi connectivity index (χ3n) is 4.64. The minimum absolute atomic E-state index is 0.0271. The first-order valence-electron chi connectivity index (χ1n) is 8.27. The molecule has 0 N–H and O–H groups in total. The number of ether oxygens (including phenoxy) is 1. The number of hydrogen-bond acceptors (Lipinski definition) is 2. The van der Waals surface area contributed by atoms with E-state index in [0.717, 1.165) is 36.1 Å². The van der Waals surface area contributed by atoms with Crippen molar-refractivity contribution in [1.82, 2.24) is 4.90 Å². The average Bonchev–Trinajstić information content (AvgIpc) is 2.63. The molecule has 24 heavy (non-hydrogen) atoms. The van der Waals surface area contributed by atoms with Gasteiger partial charge in [-0.3, -0.25) is 4.79 Å². The third-order valence-corrected chi connectivity index (χ3v) is 4.64. The molecule has 1 heterocycles. The third kappa shape index (κ3) is 3.49. The van der Waals surface area contributed by atoms with Crippen LogP contribution in [0.2, 0.25) is 0 Å². The second-order valence-electron chi connectivity index (χ2n) is 6.29. The van der Waals surface area contributed by atoms with Gasteiger partial charge in [0.2, 0.25) is 0 Å². The van der Waals surface area contributed by atoms with Crippen molar-refractivity contribution >= 4 is 5.91 Å². The predicted octanol–water partition coefficient (Wildman–Crippen LogP) is 4.05. The fraction of sp³-hybridized carbons (Fsp3) is 0.350. The highest BCUT2D eigenvalue weighted by Crippen LogP contribution is 2.25. The summed E-state index contributed by atoms with van der Waals surface area (Å²) in [6.45, 7) is 3.36. The zero-order chi connectivity index (χ0) is 17.1. The van der Waals surface area contributed by atoms with Crippen LogP contribution in [0.15, 0.2) is 42.5 Å². The summed E-state index contributed by atoms with van der Waals surface area (Å²) in [5, 5.41) is 0. The minimum Gasteiger partial charge on any atom is -0.380 e. The molecule has 1 amide bonds. The van der Waals surface area contributed by atoms with Crippen LogP contribution in [-0.2, 0) is 4.74 Å². The Morgan fingerprint density at radius 2 is 1.96 bits per heavy atom. The van der Waals surface area contributed by atoms with Gasteiger partial charge in [0.05, 0.1) is 6.10 Å². The number of likely N-dealkylation sites (tertiary alicyclic amines) is 1. The fourth-order valence-corrected chi connectivity index (χ4v) is 3.20. The van der Waals surface area contributed by atoms with Crippen LogP contribution >= 0.6 is 0 Å². The van der Waals surface area contributed by atoms with Crippen molar-refractivity contribution in [3.63, 3.8) is 0 Å². The van der Waals surface area contributed by atoms with Gasteiger partial charge in [0.1, 0.15) is 5.82 Å². The van der Waals surface area contributed by atoms with Gasteiger partial charge in [-0.1, -0.05) is 18.2 Å². The Kier molecular flexibility index (Phi) is 4.95. The van der Waals surface area contributed by atoms with Crippen molar-refractivity contribution in [2.45, 2.75) is 25.9 Å². The molecule has 1 unspecified atom stereocenters. The van der Waals surface area contributed by atoms with Gasteiger partial charge in [0.15, 0.2) is 0 Å². The summed E-state index contributed by atoms with van der Waals surface area (Å²) in [5.74, 6) is -0.228. The van der Waals surface area contributed by atoms with Gasteiger partial charge in [0, 0.05) is 25.8 Å². The molecular weight excluding hydrogens is 305 g/mol. The van der Waals surface area contributed by atoms with Crippen LogP contribution in [0, 0.1) is 12.7 Å². The summed E-state index contributed by atoms with van der Waals surface area (Å²) < 4.78 is 18.9. The Bertz CT molecular complexity index is 727. The highest BCUT2D eigenvalue weighted by Gasteiger charge is 2.24. The Morgan fingerprint density at radius 3 is 2.67 bits per heavy atom. The van der Waals surface area contributed by atoms with E-state index in [1.54, 1.807) is 13.2 Å². The molecule has 126 valence electrons. The van der Waals surface area contributed by atoms with E-state index in [1.807, 2.05) is 36.1 Å². The lowest BCUT2D eigenvalue weighted by atomic mass is 9.99. The summed E-state index contributed by atoms with van der Waals surface area (Å²) in [7, 11) is 1.69. The second kappa shape index (κ2) is 7.14. The smallest absolute Gasteiger partial charge is 0.253 e. The molecule has 1 saturated heterocycles. The van der Waals surface area contributed by atoms with Crippen LogP contribution < -0.4 is 0 Å². The average molecular weight is 327 g/mol. The zero-order valence-corrected chi connectivity index (χ0v) is 14.1. The molecule has 0 bridgehead atoms. The number of benzene rings is 2. The van der Waals surface area contributed by atoms with E-state index < -0.39 is 0 Å². The lowest BCUT2D eigenvalue weighted by molar-refractivity contribution is 0.0269. The monoisotopic (exact) mass is 327 g/mol. The van der Waals surface area contributed by atoms with Gasteiger partial charge in [-0.2, -0.15) is 0 Å². The lowest BCUT2D eigenvalue weighted by Gasteiger charge is -2.32. The molecule has 3 rings (SSSR count). The molecule has 0 aromatic heterocycles. The number of piperidine rings is 1. The van der Waals surface area contributed by atoms with Crippen molar-refractivity contribution in [3.8, 4) is 11.1 Å². The first kappa shape index (κ1) is 16.7. The summed E-state index contributed by atoms with van der Waals surface area (Å²) in [6, 6.07) is 12.2. The molecule has 0 radical (unpaired) electrons. The Labute approximate surface area is 142 Å². The normalized spacial score (nSPS) is 17.8. The summed E-state index contributed by atoms with van der Waals surface area (Å²) in [6.07, 6.45) is 2.08. The summed E-state index contributed by atoms with van der Waals surface area (Å²) >= 11 is 0. The van der Waals surface area contributed by atoms with Gasteiger partial charge >= 0.3 is 0 Å². The molecule has 2 aromatic carbocycles. The van der Waals surface area contributed by atoms with Crippen molar-refractivity contribution in [3.05, 3.63) is 59.4 Å². The number of rotatable bonds is 3. The van der Waals surface area contributed by atoms with Crippen LogP contribution in [0.4, 0.5) is 4.39 Å². The molecule has 1 aliphatic heterocycles. The maximum Gasteiger partial charge on any atom is 0.253 e. The number of halogens is 1. The first-order valence-corrected chi connectivity index (χ1v) is 8.27. The highest BCUT2D eigenvalue weighted by atomic mass is 19.1. The second-order valence-corrected chi connectivity index (χ2v) is 6.29.